The van der Waals surface area contributed by atoms with Crippen molar-refractivity contribution in [1.82, 2.24) is 0 Å². The van der Waals surface area contributed by atoms with Gasteiger partial charge in [0, 0.05) is 19.3 Å². The van der Waals surface area contributed by atoms with Crippen LogP contribution in [0.2, 0.25) is 0 Å². The van der Waals surface area contributed by atoms with Gasteiger partial charge in [-0.05, 0) is 6.42 Å². The smallest absolute Gasteiger partial charge is 0.306 e. The number of carbonyl (C=O) groups excluding carboxylic acids is 3. The number of ether oxygens (including phenoxy) is 3. The molecule has 0 bridgehead atoms. The third kappa shape index (κ3) is 22.8. The molecule has 0 saturated heterocycles. The SMILES string of the molecule is CCCCCCCCCCCCCCCCCC(=O)OC(COCCC(C(=O)[O-])[N+](C)(C)C)COC(=O)CC. The molecular weight excluding hydrogens is 498 g/mol. The van der Waals surface area contributed by atoms with E-state index in [1.165, 1.54) is 77.0 Å². The predicted molar refractivity (Wildman–Crippen MR) is 153 cm³/mol. The quantitative estimate of drug-likeness (QED) is 0.0763. The summed E-state index contributed by atoms with van der Waals surface area (Å²) in [5.41, 5.74) is 0. The summed E-state index contributed by atoms with van der Waals surface area (Å²) in [5, 5.41) is 11.4. The van der Waals surface area contributed by atoms with E-state index in [2.05, 4.69) is 6.92 Å². The van der Waals surface area contributed by atoms with Gasteiger partial charge in [-0.3, -0.25) is 9.59 Å². The zero-order valence-electron chi connectivity index (χ0n) is 25.8. The zero-order chi connectivity index (χ0) is 29.4. The van der Waals surface area contributed by atoms with Gasteiger partial charge in [0.25, 0.3) is 0 Å². The molecule has 230 valence electrons. The molecule has 0 aliphatic rings. The van der Waals surface area contributed by atoms with Gasteiger partial charge in [0.1, 0.15) is 12.6 Å². The second kappa shape index (κ2) is 24.2. The van der Waals surface area contributed by atoms with Crippen LogP contribution in [0.25, 0.3) is 0 Å². The van der Waals surface area contributed by atoms with E-state index in [-0.39, 0.29) is 49.1 Å². The number of esters is 2. The van der Waals surface area contributed by atoms with Crippen molar-refractivity contribution in [1.29, 1.82) is 0 Å². The topological polar surface area (TPSA) is 102 Å². The zero-order valence-corrected chi connectivity index (χ0v) is 25.8. The number of hydrogen-bond acceptors (Lipinski definition) is 7. The highest BCUT2D eigenvalue weighted by Gasteiger charge is 2.25. The van der Waals surface area contributed by atoms with Crippen LogP contribution in [0.1, 0.15) is 129 Å². The van der Waals surface area contributed by atoms with Gasteiger partial charge in [0.15, 0.2) is 6.10 Å². The molecule has 2 unspecified atom stereocenters. The Morgan fingerprint density at radius 2 is 1.18 bits per heavy atom. The molecule has 8 nitrogen and oxygen atoms in total. The number of nitrogens with zero attached hydrogens (tertiary/aromatic N) is 1. The molecule has 0 aromatic rings. The fraction of sp³-hybridized carbons (Fsp3) is 0.903. The summed E-state index contributed by atoms with van der Waals surface area (Å²) in [4.78, 5) is 35.3. The van der Waals surface area contributed by atoms with Gasteiger partial charge in [-0.1, -0.05) is 104 Å². The van der Waals surface area contributed by atoms with Crippen molar-refractivity contribution in [2.45, 2.75) is 142 Å². The molecule has 0 aliphatic carbocycles. The minimum absolute atomic E-state index is 0.0402. The van der Waals surface area contributed by atoms with E-state index in [0.29, 0.717) is 6.42 Å². The maximum absolute atomic E-state index is 12.4. The number of carboxylic acids is 1. The molecule has 8 heteroatoms. The van der Waals surface area contributed by atoms with Crippen LogP contribution in [0, 0.1) is 0 Å². The highest BCUT2D eigenvalue weighted by molar-refractivity contribution is 5.70. The van der Waals surface area contributed by atoms with Crippen molar-refractivity contribution >= 4 is 17.9 Å². The second-order valence-corrected chi connectivity index (χ2v) is 11.7. The summed E-state index contributed by atoms with van der Waals surface area (Å²) in [6, 6.07) is -0.714. The number of carbonyl (C=O) groups is 3. The molecule has 0 spiro atoms. The first-order valence-electron chi connectivity index (χ1n) is 15.6. The molecule has 0 aromatic heterocycles. The molecule has 0 fully saturated rings. The summed E-state index contributed by atoms with van der Waals surface area (Å²) in [5.74, 6) is -1.83. The van der Waals surface area contributed by atoms with Crippen LogP contribution in [0.15, 0.2) is 0 Å². The van der Waals surface area contributed by atoms with Crippen molar-refractivity contribution in [2.24, 2.45) is 0 Å². The Morgan fingerprint density at radius 1 is 0.692 bits per heavy atom. The van der Waals surface area contributed by atoms with Crippen LogP contribution >= 0.6 is 0 Å². The predicted octanol–water partition coefficient (Wildman–Crippen LogP) is 5.34. The van der Waals surface area contributed by atoms with Crippen LogP contribution < -0.4 is 5.11 Å². The van der Waals surface area contributed by atoms with Crippen LogP contribution in [-0.4, -0.2) is 75.5 Å². The fourth-order valence-electron chi connectivity index (χ4n) is 4.52. The lowest BCUT2D eigenvalue weighted by atomic mass is 10.0. The van der Waals surface area contributed by atoms with E-state index in [9.17, 15) is 19.5 Å². The van der Waals surface area contributed by atoms with E-state index in [1.54, 1.807) is 28.1 Å². The summed E-state index contributed by atoms with van der Waals surface area (Å²) in [6.45, 7) is 4.09. The van der Waals surface area contributed by atoms with Crippen LogP contribution in [0.5, 0.6) is 0 Å². The first-order valence-corrected chi connectivity index (χ1v) is 15.6. The molecule has 0 N–H and O–H groups in total. The van der Waals surface area contributed by atoms with Crippen LogP contribution in [0.3, 0.4) is 0 Å². The highest BCUT2D eigenvalue weighted by atomic mass is 16.6. The van der Waals surface area contributed by atoms with E-state index in [4.69, 9.17) is 14.2 Å². The summed E-state index contributed by atoms with van der Waals surface area (Å²) >= 11 is 0. The molecule has 0 aliphatic heterocycles. The standard InChI is InChI=1S/C31H59NO7/c1-6-8-9-10-11-12-13-14-15-16-17-18-19-20-21-22-30(34)39-27(26-38-29(33)7-2)25-37-24-23-28(31(35)36)32(3,4)5/h27-28H,6-26H2,1-5H3. The van der Waals surface area contributed by atoms with Gasteiger partial charge in [0.2, 0.25) is 0 Å². The van der Waals surface area contributed by atoms with Gasteiger partial charge in [0.05, 0.1) is 40.3 Å². The van der Waals surface area contributed by atoms with Crippen molar-refractivity contribution in [3.8, 4) is 0 Å². The minimum atomic E-state index is -1.13. The Labute approximate surface area is 238 Å². The molecule has 0 saturated carbocycles. The van der Waals surface area contributed by atoms with Crippen molar-refractivity contribution < 1.29 is 38.2 Å². The maximum Gasteiger partial charge on any atom is 0.306 e. The van der Waals surface area contributed by atoms with Gasteiger partial charge < -0.3 is 28.6 Å². The minimum Gasteiger partial charge on any atom is -0.544 e. The number of aliphatic carboxylic acids is 1. The third-order valence-corrected chi connectivity index (χ3v) is 7.05. The number of carboxylic acid groups (broad SMARTS) is 1. The number of quaternary nitrogens is 1. The van der Waals surface area contributed by atoms with Crippen molar-refractivity contribution in [3.63, 3.8) is 0 Å². The van der Waals surface area contributed by atoms with E-state index in [1.807, 2.05) is 0 Å². The number of unbranched alkanes of at least 4 members (excludes halogenated alkanes) is 14. The number of rotatable bonds is 27. The maximum atomic E-state index is 12.4. The lowest BCUT2D eigenvalue weighted by Crippen LogP contribution is -2.55. The molecule has 2 atom stereocenters. The lowest BCUT2D eigenvalue weighted by Gasteiger charge is -2.34. The molecule has 0 rings (SSSR count). The van der Waals surface area contributed by atoms with Crippen LogP contribution in [-0.2, 0) is 28.6 Å². The first kappa shape index (κ1) is 37.3. The second-order valence-electron chi connectivity index (χ2n) is 11.7. The summed E-state index contributed by atoms with van der Waals surface area (Å²) in [6.07, 6.45) is 19.1. The number of likely N-dealkylation sites (N-methyl/N-ethyl adjacent to an activating group) is 1. The Balaban J connectivity index is 4.05. The molecular formula is C31H59NO7. The van der Waals surface area contributed by atoms with Gasteiger partial charge in [-0.15, -0.1) is 0 Å². The van der Waals surface area contributed by atoms with Gasteiger partial charge in [-0.2, -0.15) is 0 Å². The fourth-order valence-corrected chi connectivity index (χ4v) is 4.52. The normalized spacial score (nSPS) is 13.2. The monoisotopic (exact) mass is 557 g/mol. The van der Waals surface area contributed by atoms with E-state index >= 15 is 0 Å². The Kier molecular flexibility index (Phi) is 23.1. The van der Waals surface area contributed by atoms with E-state index < -0.39 is 18.1 Å². The Hall–Kier alpha value is -1.67. The van der Waals surface area contributed by atoms with E-state index in [0.717, 1.165) is 19.3 Å². The van der Waals surface area contributed by atoms with Crippen molar-refractivity contribution in [2.75, 3.05) is 41.0 Å². The Morgan fingerprint density at radius 3 is 1.62 bits per heavy atom. The highest BCUT2D eigenvalue weighted by Crippen LogP contribution is 2.14. The molecule has 39 heavy (non-hydrogen) atoms. The molecule has 0 amide bonds. The number of hydrogen-bond donors (Lipinski definition) is 0. The van der Waals surface area contributed by atoms with Gasteiger partial charge >= 0.3 is 11.9 Å². The molecule has 0 aromatic carbocycles. The summed E-state index contributed by atoms with van der Waals surface area (Å²) in [7, 11) is 5.35. The summed E-state index contributed by atoms with van der Waals surface area (Å²) < 4.78 is 16.5. The molecule has 0 radical (unpaired) electrons. The Bertz CT molecular complexity index is 633. The first-order chi connectivity index (χ1) is 18.6. The largest absolute Gasteiger partial charge is 0.544 e. The average Bonchev–Trinajstić information content (AvgIpc) is 2.87. The third-order valence-electron chi connectivity index (χ3n) is 7.05. The average molecular weight is 558 g/mol. The van der Waals surface area contributed by atoms with Crippen molar-refractivity contribution in [3.05, 3.63) is 0 Å². The molecule has 0 heterocycles. The lowest BCUT2D eigenvalue weighted by molar-refractivity contribution is -0.889. The van der Waals surface area contributed by atoms with Gasteiger partial charge in [-0.25, -0.2) is 0 Å². The van der Waals surface area contributed by atoms with Crippen LogP contribution in [0.4, 0.5) is 0 Å².